The minimum Gasteiger partial charge on any atom is -0.292 e. The summed E-state index contributed by atoms with van der Waals surface area (Å²) in [6.07, 6.45) is 0. The van der Waals surface area contributed by atoms with Gasteiger partial charge in [0.2, 0.25) is 0 Å². The number of hydrogen-bond donors (Lipinski definition) is 0. The van der Waals surface area contributed by atoms with E-state index in [1.165, 1.54) is 54.6 Å². The van der Waals surface area contributed by atoms with Crippen LogP contribution in [0.4, 0.5) is 0 Å². The summed E-state index contributed by atoms with van der Waals surface area (Å²) in [6, 6.07) is 61.5. The molecule has 0 aliphatic rings. The molecular formula is C48H28N4. The quantitative estimate of drug-likeness (QED) is 0.173. The Morgan fingerprint density at radius 3 is 1.17 bits per heavy atom. The van der Waals surface area contributed by atoms with Gasteiger partial charge in [-0.15, -0.1) is 0 Å². The summed E-state index contributed by atoms with van der Waals surface area (Å²) in [5.74, 6) is 0. The summed E-state index contributed by atoms with van der Waals surface area (Å²) in [5.41, 5.74) is 13.4. The largest absolute Gasteiger partial charge is 0.292 e. The number of benzene rings is 8. The molecule has 52 heavy (non-hydrogen) atoms. The van der Waals surface area contributed by atoms with Crippen LogP contribution in [0.3, 0.4) is 0 Å². The molecule has 0 amide bonds. The molecule has 0 fully saturated rings. The molecule has 0 N–H and O–H groups in total. The van der Waals surface area contributed by atoms with E-state index >= 15 is 0 Å². The average Bonchev–Trinajstić information content (AvgIpc) is 3.80. The van der Waals surface area contributed by atoms with Crippen LogP contribution in [-0.2, 0) is 0 Å². The van der Waals surface area contributed by atoms with Gasteiger partial charge in [0.05, 0.1) is 33.1 Å². The van der Waals surface area contributed by atoms with Gasteiger partial charge in [0.25, 0.3) is 0 Å². The molecule has 0 saturated heterocycles. The highest BCUT2D eigenvalue weighted by Gasteiger charge is 2.17. The van der Waals surface area contributed by atoms with Crippen molar-refractivity contribution in [1.29, 1.82) is 0 Å². The normalized spacial score (nSPS) is 12.2. The van der Waals surface area contributed by atoms with Crippen LogP contribution in [0.1, 0.15) is 0 Å². The summed E-state index contributed by atoms with van der Waals surface area (Å²) in [7, 11) is 0. The molecule has 0 aliphatic heterocycles. The van der Waals surface area contributed by atoms with E-state index < -0.39 is 0 Å². The summed E-state index contributed by atoms with van der Waals surface area (Å²) in [6.45, 7) is 0. The smallest absolute Gasteiger partial charge is 0.146 e. The highest BCUT2D eigenvalue weighted by molar-refractivity contribution is 6.17. The molecule has 0 aliphatic carbocycles. The van der Waals surface area contributed by atoms with E-state index in [0.717, 1.165) is 55.2 Å². The summed E-state index contributed by atoms with van der Waals surface area (Å²) in [4.78, 5) is 10.1. The Kier molecular flexibility index (Phi) is 5.47. The topological polar surface area (TPSA) is 34.6 Å². The first kappa shape index (κ1) is 27.7. The first-order valence-corrected chi connectivity index (χ1v) is 17.8. The molecule has 0 radical (unpaired) electrons. The Hall–Kier alpha value is -7.04. The molecule has 8 aromatic carbocycles. The highest BCUT2D eigenvalue weighted by Crippen LogP contribution is 2.40. The van der Waals surface area contributed by atoms with Crippen molar-refractivity contribution in [3.63, 3.8) is 0 Å². The van der Waals surface area contributed by atoms with Crippen LogP contribution in [0.25, 0.3) is 110 Å². The fourth-order valence-corrected chi connectivity index (χ4v) is 8.77. The van der Waals surface area contributed by atoms with E-state index in [1.807, 2.05) is 0 Å². The van der Waals surface area contributed by atoms with E-state index in [1.54, 1.807) is 0 Å². The highest BCUT2D eigenvalue weighted by atomic mass is 15.0. The Morgan fingerprint density at radius 2 is 0.692 bits per heavy atom. The number of nitrogens with zero attached hydrogens (tertiary/aromatic N) is 4. The zero-order chi connectivity index (χ0) is 33.9. The Balaban J connectivity index is 1.09. The van der Waals surface area contributed by atoms with Crippen LogP contribution >= 0.6 is 0 Å². The monoisotopic (exact) mass is 660 g/mol. The number of imidazole rings is 2. The van der Waals surface area contributed by atoms with Crippen LogP contribution in [-0.4, -0.2) is 18.8 Å². The maximum absolute atomic E-state index is 5.07. The van der Waals surface area contributed by atoms with Crippen molar-refractivity contribution in [3.05, 3.63) is 170 Å². The van der Waals surface area contributed by atoms with Crippen LogP contribution in [0.2, 0.25) is 0 Å². The maximum Gasteiger partial charge on any atom is 0.146 e. The number of pyridine rings is 2. The third-order valence-corrected chi connectivity index (χ3v) is 11.1. The lowest BCUT2D eigenvalue weighted by Gasteiger charge is -2.15. The third kappa shape index (κ3) is 3.70. The second kappa shape index (κ2) is 10.3. The Bertz CT molecular complexity index is 3240. The van der Waals surface area contributed by atoms with Gasteiger partial charge in [-0.2, -0.15) is 0 Å². The Labute approximate surface area is 297 Å². The fraction of sp³-hybridized carbons (Fsp3) is 0. The van der Waals surface area contributed by atoms with Gasteiger partial charge in [-0.1, -0.05) is 121 Å². The molecule has 4 nitrogen and oxygen atoms in total. The SMILES string of the molecule is c1ccc2c(c1)nc1c3ccccc3c3cc(-c4cccc5c(-c6ccc7c(c6)c6ccccc6c6nc8ccccc8n76)cccc45)ccc3n21. The number of para-hydroxylation sites is 4. The van der Waals surface area contributed by atoms with Gasteiger partial charge in [0, 0.05) is 21.5 Å². The molecule has 12 aromatic rings. The van der Waals surface area contributed by atoms with Gasteiger partial charge in [0.15, 0.2) is 0 Å². The van der Waals surface area contributed by atoms with E-state index in [9.17, 15) is 0 Å². The number of aromatic nitrogens is 4. The second-order valence-corrected chi connectivity index (χ2v) is 13.8. The number of fused-ring (bicyclic) bond motifs is 17. The van der Waals surface area contributed by atoms with E-state index in [-0.39, 0.29) is 0 Å². The summed E-state index contributed by atoms with van der Waals surface area (Å²) >= 11 is 0. The zero-order valence-corrected chi connectivity index (χ0v) is 28.0. The average molecular weight is 661 g/mol. The molecular weight excluding hydrogens is 633 g/mol. The van der Waals surface area contributed by atoms with Gasteiger partial charge < -0.3 is 0 Å². The second-order valence-electron chi connectivity index (χ2n) is 13.8. The molecule has 0 saturated carbocycles. The molecule has 4 heteroatoms. The van der Waals surface area contributed by atoms with Crippen molar-refractivity contribution in [3.8, 4) is 22.3 Å². The van der Waals surface area contributed by atoms with Crippen molar-refractivity contribution in [2.45, 2.75) is 0 Å². The van der Waals surface area contributed by atoms with Crippen molar-refractivity contribution >= 4 is 87.5 Å². The standard InChI is InChI=1S/C48H28N4/c1-3-13-37-35(11-1)39-27-29(23-25-43(39)51-45-21-7-5-19-41(45)49-47(37)51)31-15-9-18-34-32(16-10-17-33(31)34)30-24-26-44-40(28-30)36-12-2-4-14-38(36)48-50-42-20-6-8-22-46(42)52(44)48/h1-28H. The molecule has 0 bridgehead atoms. The van der Waals surface area contributed by atoms with E-state index in [2.05, 4.69) is 179 Å². The molecule has 4 heterocycles. The van der Waals surface area contributed by atoms with Crippen LogP contribution in [0, 0.1) is 0 Å². The van der Waals surface area contributed by atoms with Crippen molar-refractivity contribution in [1.82, 2.24) is 18.8 Å². The Morgan fingerprint density at radius 1 is 0.288 bits per heavy atom. The summed E-state index contributed by atoms with van der Waals surface area (Å²) < 4.78 is 4.64. The van der Waals surface area contributed by atoms with Crippen molar-refractivity contribution < 1.29 is 0 Å². The lowest BCUT2D eigenvalue weighted by molar-refractivity contribution is 1.31. The van der Waals surface area contributed by atoms with Crippen LogP contribution < -0.4 is 0 Å². The summed E-state index contributed by atoms with van der Waals surface area (Å²) in [5, 5.41) is 9.66. The van der Waals surface area contributed by atoms with Gasteiger partial charge in [0.1, 0.15) is 11.3 Å². The predicted molar refractivity (Wildman–Crippen MR) is 217 cm³/mol. The molecule has 240 valence electrons. The molecule has 0 atom stereocenters. The maximum atomic E-state index is 5.07. The van der Waals surface area contributed by atoms with Gasteiger partial charge in [-0.05, 0) is 92.3 Å². The zero-order valence-electron chi connectivity index (χ0n) is 28.0. The van der Waals surface area contributed by atoms with E-state index in [4.69, 9.17) is 9.97 Å². The first-order valence-electron chi connectivity index (χ1n) is 17.8. The van der Waals surface area contributed by atoms with Gasteiger partial charge >= 0.3 is 0 Å². The van der Waals surface area contributed by atoms with Gasteiger partial charge in [-0.25, -0.2) is 9.97 Å². The van der Waals surface area contributed by atoms with Crippen molar-refractivity contribution in [2.24, 2.45) is 0 Å². The first-order chi connectivity index (χ1) is 25.8. The van der Waals surface area contributed by atoms with Gasteiger partial charge in [-0.3, -0.25) is 8.80 Å². The lowest BCUT2D eigenvalue weighted by Crippen LogP contribution is -1.93. The third-order valence-electron chi connectivity index (χ3n) is 11.1. The fourth-order valence-electron chi connectivity index (χ4n) is 8.77. The van der Waals surface area contributed by atoms with E-state index in [0.29, 0.717) is 0 Å². The molecule has 0 spiro atoms. The number of rotatable bonds is 2. The van der Waals surface area contributed by atoms with Crippen LogP contribution in [0.5, 0.6) is 0 Å². The van der Waals surface area contributed by atoms with Crippen LogP contribution in [0.15, 0.2) is 170 Å². The minimum absolute atomic E-state index is 0.997. The molecule has 0 unspecified atom stereocenters. The number of hydrogen-bond acceptors (Lipinski definition) is 2. The molecule has 4 aromatic heterocycles. The predicted octanol–water partition coefficient (Wildman–Crippen LogP) is 12.4. The lowest BCUT2D eigenvalue weighted by atomic mass is 9.91. The molecule has 12 rings (SSSR count). The minimum atomic E-state index is 0.997. The van der Waals surface area contributed by atoms with Crippen molar-refractivity contribution in [2.75, 3.05) is 0 Å².